The number of carbonyl (C=O) groups excluding carboxylic acids is 2. The van der Waals surface area contributed by atoms with Crippen molar-refractivity contribution in [3.05, 3.63) is 24.0 Å². The number of fused-ring (bicyclic) bond motifs is 1. The second-order valence-electron chi connectivity index (χ2n) is 3.23. The minimum Gasteiger partial charge on any atom is -0.493 e. The van der Waals surface area contributed by atoms with E-state index < -0.39 is 11.7 Å². The van der Waals surface area contributed by atoms with Gasteiger partial charge in [0.15, 0.2) is 23.2 Å². The van der Waals surface area contributed by atoms with Gasteiger partial charge in [0.25, 0.3) is 0 Å². The van der Waals surface area contributed by atoms with E-state index in [-0.39, 0.29) is 17.3 Å². The zero-order valence-corrected chi connectivity index (χ0v) is 7.94. The maximum Gasteiger partial charge on any atom is 0.230 e. The summed E-state index contributed by atoms with van der Waals surface area (Å²) in [5, 5.41) is 0. The van der Waals surface area contributed by atoms with E-state index in [2.05, 4.69) is 0 Å². The Labute approximate surface area is 81.2 Å². The Balaban J connectivity index is 2.37. The first-order valence-corrected chi connectivity index (χ1v) is 4.31. The molecule has 4 heteroatoms. The normalized spacial score (nSPS) is 35.6. The molecule has 1 heterocycles. The lowest BCUT2D eigenvalue weighted by atomic mass is 9.90. The number of Topliss-reactive ketones (excluding diaryl/α,β-unsaturated/α-hetero) is 1. The average molecular weight is 194 g/mol. The first-order chi connectivity index (χ1) is 6.65. The van der Waals surface area contributed by atoms with E-state index in [1.807, 2.05) is 0 Å². The zero-order valence-electron chi connectivity index (χ0n) is 7.94. The van der Waals surface area contributed by atoms with Gasteiger partial charge >= 0.3 is 0 Å². The molecule has 0 amide bonds. The molecule has 2 rings (SSSR count). The third-order valence-electron chi connectivity index (χ3n) is 2.41. The van der Waals surface area contributed by atoms with Gasteiger partial charge in [0.1, 0.15) is 0 Å². The quantitative estimate of drug-likeness (QED) is 0.471. The second-order valence-corrected chi connectivity index (χ2v) is 3.23. The van der Waals surface area contributed by atoms with Crippen molar-refractivity contribution in [2.24, 2.45) is 0 Å². The molecule has 2 aliphatic rings. The van der Waals surface area contributed by atoms with Crippen LogP contribution in [0.25, 0.3) is 0 Å². The minimum atomic E-state index is -1.02. The predicted molar refractivity (Wildman–Crippen MR) is 47.5 cm³/mol. The molecule has 0 aromatic heterocycles. The summed E-state index contributed by atoms with van der Waals surface area (Å²) in [5.74, 6) is -0.403. The molecule has 0 N–H and O–H groups in total. The molecule has 0 aromatic rings. The SMILES string of the molecule is CC=CC12OC1C(=O)C(OC)=CC2=O. The number of hydrogen-bond acceptors (Lipinski definition) is 4. The standard InChI is InChI=1S/C10H10O4/c1-3-4-10-7(11)5-6(13-2)8(12)9(10)14-10/h3-5,9H,1-2H3. The number of ketones is 2. The Morgan fingerprint density at radius 1 is 1.57 bits per heavy atom. The summed E-state index contributed by atoms with van der Waals surface area (Å²) in [7, 11) is 1.36. The van der Waals surface area contributed by atoms with Crippen LogP contribution in [0.2, 0.25) is 0 Å². The molecule has 14 heavy (non-hydrogen) atoms. The van der Waals surface area contributed by atoms with Crippen molar-refractivity contribution >= 4 is 11.6 Å². The topological polar surface area (TPSA) is 55.9 Å². The second kappa shape index (κ2) is 2.78. The molecule has 0 bridgehead atoms. The number of hydrogen-bond donors (Lipinski definition) is 0. The van der Waals surface area contributed by atoms with E-state index in [0.29, 0.717) is 0 Å². The van der Waals surface area contributed by atoms with Gasteiger partial charge in [-0.25, -0.2) is 0 Å². The van der Waals surface area contributed by atoms with Crippen LogP contribution in [0.1, 0.15) is 6.92 Å². The third-order valence-corrected chi connectivity index (χ3v) is 2.41. The molecule has 2 unspecified atom stereocenters. The number of epoxide rings is 1. The molecule has 0 saturated carbocycles. The van der Waals surface area contributed by atoms with Gasteiger partial charge in [-0.1, -0.05) is 6.08 Å². The summed E-state index contributed by atoms with van der Waals surface area (Å²) in [5.41, 5.74) is -1.02. The van der Waals surface area contributed by atoms with Crippen molar-refractivity contribution < 1.29 is 19.1 Å². The molecule has 1 fully saturated rings. The Morgan fingerprint density at radius 3 is 2.86 bits per heavy atom. The fourth-order valence-electron chi connectivity index (χ4n) is 1.64. The maximum absolute atomic E-state index is 11.6. The largest absolute Gasteiger partial charge is 0.493 e. The lowest BCUT2D eigenvalue weighted by molar-refractivity contribution is -0.123. The van der Waals surface area contributed by atoms with E-state index in [1.165, 1.54) is 13.2 Å². The summed E-state index contributed by atoms with van der Waals surface area (Å²) in [6.07, 6.45) is 3.84. The van der Waals surface area contributed by atoms with E-state index in [0.717, 1.165) is 0 Å². The zero-order chi connectivity index (χ0) is 10.3. The first kappa shape index (κ1) is 9.15. The van der Waals surface area contributed by atoms with E-state index in [1.54, 1.807) is 19.1 Å². The lowest BCUT2D eigenvalue weighted by Crippen LogP contribution is -2.33. The highest BCUT2D eigenvalue weighted by atomic mass is 16.6. The molecule has 0 radical (unpaired) electrons. The maximum atomic E-state index is 11.6. The van der Waals surface area contributed by atoms with Crippen molar-refractivity contribution in [1.82, 2.24) is 0 Å². The Hall–Kier alpha value is -1.42. The van der Waals surface area contributed by atoms with Gasteiger partial charge in [-0.2, -0.15) is 0 Å². The highest BCUT2D eigenvalue weighted by molar-refractivity contribution is 6.18. The highest BCUT2D eigenvalue weighted by Crippen LogP contribution is 2.44. The number of carbonyl (C=O) groups is 2. The number of allylic oxidation sites excluding steroid dienone is 1. The van der Waals surface area contributed by atoms with Crippen molar-refractivity contribution in [2.75, 3.05) is 7.11 Å². The van der Waals surface area contributed by atoms with Gasteiger partial charge in [0, 0.05) is 6.08 Å². The number of methoxy groups -OCH3 is 1. The van der Waals surface area contributed by atoms with Crippen LogP contribution >= 0.6 is 0 Å². The van der Waals surface area contributed by atoms with E-state index >= 15 is 0 Å². The monoisotopic (exact) mass is 194 g/mol. The summed E-state index contributed by atoms with van der Waals surface area (Å²) in [4.78, 5) is 23.1. The Kier molecular flexibility index (Phi) is 1.82. The van der Waals surface area contributed by atoms with Gasteiger partial charge in [0.2, 0.25) is 5.78 Å². The lowest BCUT2D eigenvalue weighted by Gasteiger charge is -2.10. The number of ether oxygens (including phenoxy) is 2. The molecule has 1 aliphatic carbocycles. The molecule has 0 spiro atoms. The molecule has 4 nitrogen and oxygen atoms in total. The van der Waals surface area contributed by atoms with Crippen LogP contribution in [0.3, 0.4) is 0 Å². The average Bonchev–Trinajstić information content (AvgIpc) is 2.89. The van der Waals surface area contributed by atoms with E-state index in [4.69, 9.17) is 9.47 Å². The molecule has 0 aromatic carbocycles. The molecule has 74 valence electrons. The molecular weight excluding hydrogens is 184 g/mol. The summed E-state index contributed by atoms with van der Waals surface area (Å²) in [6.45, 7) is 1.78. The fourth-order valence-corrected chi connectivity index (χ4v) is 1.64. The summed E-state index contributed by atoms with van der Waals surface area (Å²) >= 11 is 0. The summed E-state index contributed by atoms with van der Waals surface area (Å²) < 4.78 is 9.93. The van der Waals surface area contributed by atoms with Crippen LogP contribution in [0.15, 0.2) is 24.0 Å². The van der Waals surface area contributed by atoms with Gasteiger partial charge in [-0.3, -0.25) is 9.59 Å². The van der Waals surface area contributed by atoms with Gasteiger partial charge in [-0.05, 0) is 13.0 Å². The van der Waals surface area contributed by atoms with Crippen molar-refractivity contribution in [1.29, 1.82) is 0 Å². The van der Waals surface area contributed by atoms with Crippen LogP contribution in [0, 0.1) is 0 Å². The first-order valence-electron chi connectivity index (χ1n) is 4.31. The molecule has 1 aliphatic heterocycles. The molecule has 1 saturated heterocycles. The molecule has 2 atom stereocenters. The van der Waals surface area contributed by atoms with Crippen molar-refractivity contribution in [3.63, 3.8) is 0 Å². The predicted octanol–water partition coefficient (Wildman–Crippen LogP) is 0.382. The Morgan fingerprint density at radius 2 is 2.29 bits per heavy atom. The van der Waals surface area contributed by atoms with Crippen molar-refractivity contribution in [2.45, 2.75) is 18.6 Å². The van der Waals surface area contributed by atoms with Crippen LogP contribution in [0.5, 0.6) is 0 Å². The van der Waals surface area contributed by atoms with Crippen LogP contribution in [0.4, 0.5) is 0 Å². The fraction of sp³-hybridized carbons (Fsp3) is 0.400. The van der Waals surface area contributed by atoms with Crippen molar-refractivity contribution in [3.8, 4) is 0 Å². The molecular formula is C10H10O4. The summed E-state index contributed by atoms with van der Waals surface area (Å²) in [6, 6.07) is 0. The van der Waals surface area contributed by atoms with Crippen LogP contribution < -0.4 is 0 Å². The third kappa shape index (κ3) is 0.974. The van der Waals surface area contributed by atoms with Crippen LogP contribution in [-0.2, 0) is 19.1 Å². The van der Waals surface area contributed by atoms with Crippen LogP contribution in [-0.4, -0.2) is 30.4 Å². The van der Waals surface area contributed by atoms with Gasteiger partial charge in [-0.15, -0.1) is 0 Å². The van der Waals surface area contributed by atoms with Gasteiger partial charge in [0.05, 0.1) is 7.11 Å². The van der Waals surface area contributed by atoms with E-state index in [9.17, 15) is 9.59 Å². The minimum absolute atomic E-state index is 0.0811. The number of rotatable bonds is 2. The highest BCUT2D eigenvalue weighted by Gasteiger charge is 2.66. The Bertz CT molecular complexity index is 366. The van der Waals surface area contributed by atoms with Gasteiger partial charge < -0.3 is 9.47 Å². The smallest absolute Gasteiger partial charge is 0.230 e.